The van der Waals surface area contributed by atoms with Gasteiger partial charge < -0.3 is 0 Å². The molecule has 0 aliphatic carbocycles. The maximum atomic E-state index is 8.85. The summed E-state index contributed by atoms with van der Waals surface area (Å²) in [6.07, 6.45) is 0. The van der Waals surface area contributed by atoms with Crippen LogP contribution in [0, 0.1) is 0 Å². The summed E-state index contributed by atoms with van der Waals surface area (Å²) in [4.78, 5) is 0. The molecule has 34 valence electrons. The molecule has 0 heterocycles. The topological polar surface area (TPSA) is 74.6 Å². The molecule has 2 N–H and O–H groups in total. The molecule has 0 bridgehead atoms. The van der Waals surface area contributed by atoms with E-state index >= 15 is 0 Å². The first-order valence-electron chi connectivity index (χ1n) is 0.698. The molecule has 0 aromatic rings. The van der Waals surface area contributed by atoms with Crippen molar-refractivity contribution in [1.29, 1.82) is 0 Å². The summed E-state index contributed by atoms with van der Waals surface area (Å²) < 4.78 is 32.0. The van der Waals surface area contributed by atoms with E-state index in [1.807, 2.05) is 0 Å². The Hall–Kier alpha value is 1.79. The largest absolute Gasteiger partial charge is 0 e. The molecular formula is H2O4SrTe. The second-order valence-corrected chi connectivity index (χ2v) is 3.00. The monoisotopic (exact) mass is 284 g/mol. The third kappa shape index (κ3) is 41.5. The Bertz CT molecular complexity index is 90.7. The molecular weight excluding hydrogens is 279 g/mol. The summed E-state index contributed by atoms with van der Waals surface area (Å²) in [5.74, 6) is 0. The van der Waals surface area contributed by atoms with Crippen LogP contribution in [0.2, 0.25) is 0 Å². The van der Waals surface area contributed by atoms with Crippen LogP contribution in [0.5, 0.6) is 0 Å². The Kier molecular flexibility index (Phi) is 6.70. The molecule has 0 atom stereocenters. The van der Waals surface area contributed by atoms with E-state index in [-0.39, 0.29) is 45.5 Å². The van der Waals surface area contributed by atoms with Crippen molar-refractivity contribution >= 4 is 64.5 Å². The van der Waals surface area contributed by atoms with Crippen LogP contribution in [-0.2, 0) is 6.21 Å². The van der Waals surface area contributed by atoms with Crippen molar-refractivity contribution in [2.75, 3.05) is 0 Å². The molecule has 0 amide bonds. The fourth-order valence-electron chi connectivity index (χ4n) is 0. The van der Waals surface area contributed by atoms with Crippen LogP contribution in [0.4, 0.5) is 0 Å². The van der Waals surface area contributed by atoms with Crippen molar-refractivity contribution in [3.63, 3.8) is 0 Å². The van der Waals surface area contributed by atoms with Gasteiger partial charge in [0.25, 0.3) is 0 Å². The Morgan fingerprint density at radius 1 is 1.17 bits per heavy atom. The average molecular weight is 281 g/mol. The van der Waals surface area contributed by atoms with Crippen LogP contribution in [0.15, 0.2) is 0 Å². The summed E-state index contributed by atoms with van der Waals surface area (Å²) in [7, 11) is 0. The standard InChI is InChI=1S/H2O4Te.Sr/c1-5(2,3)4;/h(H2,1,2,3,4);. The number of rotatable bonds is 0. The summed E-state index contributed by atoms with van der Waals surface area (Å²) in [6, 6.07) is 0. The minimum absolute atomic E-state index is 0. The smallest absolute Gasteiger partial charge is 0 e. The summed E-state index contributed by atoms with van der Waals surface area (Å²) in [6.45, 7) is 0. The van der Waals surface area contributed by atoms with Crippen LogP contribution < -0.4 is 0 Å². The van der Waals surface area contributed by atoms with Crippen LogP contribution in [0.1, 0.15) is 0 Å². The van der Waals surface area contributed by atoms with Gasteiger partial charge >= 0.3 is 32.1 Å². The minimum Gasteiger partial charge on any atom is 0 e. The Morgan fingerprint density at radius 2 is 1.17 bits per heavy atom. The molecule has 0 saturated heterocycles. The van der Waals surface area contributed by atoms with Gasteiger partial charge in [-0.15, -0.1) is 0 Å². The SMILES string of the molecule is O=[Te](=O)(O)O.[Sr]. The van der Waals surface area contributed by atoms with Crippen molar-refractivity contribution in [3.8, 4) is 0 Å². The molecule has 0 rings (SSSR count). The summed E-state index contributed by atoms with van der Waals surface area (Å²) in [5, 5.41) is 0. The second-order valence-electron chi connectivity index (χ2n) is 0.448. The maximum Gasteiger partial charge on any atom is 0 e. The van der Waals surface area contributed by atoms with E-state index in [4.69, 9.17) is 13.2 Å². The van der Waals surface area contributed by atoms with Gasteiger partial charge in [0.15, 0.2) is 0 Å². The Balaban J connectivity index is 0. The van der Waals surface area contributed by atoms with E-state index in [2.05, 4.69) is 0 Å². The third-order valence-electron chi connectivity index (χ3n) is 0. The summed E-state index contributed by atoms with van der Waals surface area (Å²) >= 11 is -5.52. The number of hydrogen-bond acceptors (Lipinski definition) is 2. The van der Waals surface area contributed by atoms with Crippen LogP contribution in [0.25, 0.3) is 0 Å². The molecule has 6 heteroatoms. The van der Waals surface area contributed by atoms with E-state index in [0.717, 1.165) is 0 Å². The second kappa shape index (κ2) is 3.75. The Morgan fingerprint density at radius 3 is 1.17 bits per heavy atom. The van der Waals surface area contributed by atoms with Gasteiger partial charge in [-0.05, 0) is 0 Å². The normalized spacial score (nSPS) is 9.67. The van der Waals surface area contributed by atoms with Crippen LogP contribution >= 0.6 is 0 Å². The molecule has 0 aliphatic heterocycles. The van der Waals surface area contributed by atoms with Crippen molar-refractivity contribution in [1.82, 2.24) is 0 Å². The quantitative estimate of drug-likeness (QED) is 0.498. The first kappa shape index (κ1) is 10.7. The third-order valence-corrected chi connectivity index (χ3v) is 0. The van der Waals surface area contributed by atoms with Gasteiger partial charge in [0.1, 0.15) is 0 Å². The number of hydrogen-bond donors (Lipinski definition) is 2. The predicted molar refractivity (Wildman–Crippen MR) is 17.3 cm³/mol. The van der Waals surface area contributed by atoms with E-state index in [9.17, 15) is 0 Å². The molecule has 0 aromatic heterocycles. The average Bonchev–Trinajstić information content (AvgIpc) is 0.722. The molecule has 2 radical (unpaired) electrons. The van der Waals surface area contributed by atoms with Gasteiger partial charge in [-0.1, -0.05) is 0 Å². The van der Waals surface area contributed by atoms with Crippen molar-refractivity contribution in [3.05, 3.63) is 0 Å². The molecule has 0 aliphatic rings. The van der Waals surface area contributed by atoms with E-state index in [1.165, 1.54) is 0 Å². The van der Waals surface area contributed by atoms with Crippen molar-refractivity contribution in [2.45, 2.75) is 0 Å². The van der Waals surface area contributed by atoms with Gasteiger partial charge in [-0.25, -0.2) is 0 Å². The predicted octanol–water partition coefficient (Wildman–Crippen LogP) is -2.11. The van der Waals surface area contributed by atoms with Gasteiger partial charge in [0, 0.05) is 45.5 Å². The molecule has 0 fully saturated rings. The molecule has 4 nitrogen and oxygen atoms in total. The van der Waals surface area contributed by atoms with Crippen molar-refractivity contribution in [2.24, 2.45) is 0 Å². The maximum absolute atomic E-state index is 8.85. The zero-order chi connectivity index (χ0) is 4.50. The first-order valence-corrected chi connectivity index (χ1v) is 4.69. The van der Waals surface area contributed by atoms with E-state index < -0.39 is 19.0 Å². The zero-order valence-corrected chi connectivity index (χ0v) is 8.63. The molecule has 0 unspecified atom stereocenters. The fraction of sp³-hybridized carbons (Fsp3) is 0. The minimum atomic E-state index is -5.52. The van der Waals surface area contributed by atoms with Gasteiger partial charge in [-0.3, -0.25) is 0 Å². The summed E-state index contributed by atoms with van der Waals surface area (Å²) in [5.41, 5.74) is 0. The molecule has 0 aromatic carbocycles. The first-order chi connectivity index (χ1) is 2.00. The van der Waals surface area contributed by atoms with E-state index in [1.54, 1.807) is 0 Å². The van der Waals surface area contributed by atoms with Gasteiger partial charge in [0.05, 0.1) is 0 Å². The molecule has 0 spiro atoms. The Labute approximate surface area is 76.1 Å². The van der Waals surface area contributed by atoms with E-state index in [0.29, 0.717) is 0 Å². The molecule has 6 heavy (non-hydrogen) atoms. The molecule has 0 saturated carbocycles. The van der Waals surface area contributed by atoms with Crippen molar-refractivity contribution < 1.29 is 13.2 Å². The zero-order valence-electron chi connectivity index (χ0n) is 2.83. The van der Waals surface area contributed by atoms with Gasteiger partial charge in [-0.2, -0.15) is 0 Å². The fourth-order valence-corrected chi connectivity index (χ4v) is 0. The van der Waals surface area contributed by atoms with Gasteiger partial charge in [0.2, 0.25) is 0 Å². The van der Waals surface area contributed by atoms with Crippen LogP contribution in [0.3, 0.4) is 0 Å². The van der Waals surface area contributed by atoms with Crippen LogP contribution in [-0.4, -0.2) is 71.4 Å².